The SMILES string of the molecule is CC1(C(=O)NCC(=O)N2CCOCC2)CC(c2cccc(F)c2)=NO1. The number of ether oxygens (including phenoxy) is 1. The summed E-state index contributed by atoms with van der Waals surface area (Å²) < 4.78 is 18.5. The van der Waals surface area contributed by atoms with Gasteiger partial charge in [0, 0.05) is 25.1 Å². The fraction of sp³-hybridized carbons (Fsp3) is 0.471. The van der Waals surface area contributed by atoms with E-state index in [1.807, 2.05) is 0 Å². The lowest BCUT2D eigenvalue weighted by atomic mass is 9.95. The van der Waals surface area contributed by atoms with Gasteiger partial charge in [-0.2, -0.15) is 0 Å². The van der Waals surface area contributed by atoms with Crippen LogP contribution in [0.5, 0.6) is 0 Å². The minimum atomic E-state index is -1.22. The molecule has 1 unspecified atom stereocenters. The molecule has 2 heterocycles. The normalized spacial score (nSPS) is 23.0. The van der Waals surface area contributed by atoms with Crippen molar-refractivity contribution in [2.24, 2.45) is 5.16 Å². The van der Waals surface area contributed by atoms with Crippen molar-refractivity contribution in [3.8, 4) is 0 Å². The Morgan fingerprint density at radius 3 is 2.84 bits per heavy atom. The number of benzene rings is 1. The quantitative estimate of drug-likeness (QED) is 0.867. The van der Waals surface area contributed by atoms with E-state index < -0.39 is 11.5 Å². The molecular weight excluding hydrogens is 329 g/mol. The molecule has 2 aliphatic heterocycles. The van der Waals surface area contributed by atoms with Gasteiger partial charge < -0.3 is 19.8 Å². The maximum Gasteiger partial charge on any atom is 0.267 e. The number of carbonyl (C=O) groups excluding carboxylic acids is 2. The Bertz CT molecular complexity index is 703. The molecule has 1 aromatic carbocycles. The number of nitrogens with one attached hydrogen (secondary N) is 1. The Hall–Kier alpha value is -2.48. The number of halogens is 1. The Balaban J connectivity index is 1.55. The van der Waals surface area contributed by atoms with Gasteiger partial charge in [-0.25, -0.2) is 4.39 Å². The first kappa shape index (κ1) is 17.3. The fourth-order valence-corrected chi connectivity index (χ4v) is 2.75. The molecule has 25 heavy (non-hydrogen) atoms. The van der Waals surface area contributed by atoms with E-state index in [0.29, 0.717) is 37.6 Å². The third kappa shape index (κ3) is 3.96. The van der Waals surface area contributed by atoms with Gasteiger partial charge in [0.15, 0.2) is 0 Å². The molecule has 0 radical (unpaired) electrons. The zero-order valence-corrected chi connectivity index (χ0v) is 14.0. The number of amides is 2. The smallest absolute Gasteiger partial charge is 0.267 e. The van der Waals surface area contributed by atoms with Crippen LogP contribution in [0.25, 0.3) is 0 Å². The second kappa shape index (κ2) is 7.18. The number of hydrogen-bond acceptors (Lipinski definition) is 5. The van der Waals surface area contributed by atoms with Gasteiger partial charge in [-0.1, -0.05) is 17.3 Å². The second-order valence-corrected chi connectivity index (χ2v) is 6.22. The molecule has 0 spiro atoms. The lowest BCUT2D eigenvalue weighted by Gasteiger charge is -2.27. The Labute approximate surface area is 144 Å². The first-order chi connectivity index (χ1) is 12.0. The van der Waals surface area contributed by atoms with E-state index in [0.717, 1.165) is 0 Å². The predicted octanol–water partition coefficient (Wildman–Crippen LogP) is 0.684. The van der Waals surface area contributed by atoms with Crippen LogP contribution in [-0.4, -0.2) is 60.9 Å². The summed E-state index contributed by atoms with van der Waals surface area (Å²) in [5, 5.41) is 6.52. The highest BCUT2D eigenvalue weighted by Crippen LogP contribution is 2.27. The predicted molar refractivity (Wildman–Crippen MR) is 87.5 cm³/mol. The van der Waals surface area contributed by atoms with E-state index in [1.54, 1.807) is 24.0 Å². The molecule has 8 heteroatoms. The molecule has 134 valence electrons. The van der Waals surface area contributed by atoms with Crippen molar-refractivity contribution in [3.63, 3.8) is 0 Å². The summed E-state index contributed by atoms with van der Waals surface area (Å²) >= 11 is 0. The van der Waals surface area contributed by atoms with E-state index in [4.69, 9.17) is 9.57 Å². The van der Waals surface area contributed by atoms with Gasteiger partial charge in [0.05, 0.1) is 25.5 Å². The molecule has 1 saturated heterocycles. The van der Waals surface area contributed by atoms with Gasteiger partial charge in [0.2, 0.25) is 11.5 Å². The summed E-state index contributed by atoms with van der Waals surface area (Å²) in [4.78, 5) is 31.5. The van der Waals surface area contributed by atoms with Crippen LogP contribution >= 0.6 is 0 Å². The molecule has 1 atom stereocenters. The van der Waals surface area contributed by atoms with Gasteiger partial charge in [-0.3, -0.25) is 9.59 Å². The number of rotatable bonds is 4. The number of oxime groups is 1. The number of morpholine rings is 1. The summed E-state index contributed by atoms with van der Waals surface area (Å²) in [5.74, 6) is -0.969. The molecule has 0 bridgehead atoms. The summed E-state index contributed by atoms with van der Waals surface area (Å²) in [6.07, 6.45) is 0.202. The van der Waals surface area contributed by atoms with Gasteiger partial charge in [-0.15, -0.1) is 0 Å². The van der Waals surface area contributed by atoms with Gasteiger partial charge in [0.25, 0.3) is 5.91 Å². The molecule has 7 nitrogen and oxygen atoms in total. The van der Waals surface area contributed by atoms with E-state index >= 15 is 0 Å². The Morgan fingerprint density at radius 2 is 2.12 bits per heavy atom. The summed E-state index contributed by atoms with van der Waals surface area (Å²) in [5.41, 5.74) is -0.148. The topological polar surface area (TPSA) is 80.2 Å². The van der Waals surface area contributed by atoms with Crippen molar-refractivity contribution in [2.45, 2.75) is 18.9 Å². The monoisotopic (exact) mass is 349 g/mol. The summed E-state index contributed by atoms with van der Waals surface area (Å²) in [6.45, 7) is 3.55. The van der Waals surface area contributed by atoms with Crippen molar-refractivity contribution >= 4 is 17.5 Å². The number of hydrogen-bond donors (Lipinski definition) is 1. The van der Waals surface area contributed by atoms with Crippen LogP contribution in [0.2, 0.25) is 0 Å². The van der Waals surface area contributed by atoms with Crippen molar-refractivity contribution in [2.75, 3.05) is 32.8 Å². The molecule has 0 aliphatic carbocycles. The summed E-state index contributed by atoms with van der Waals surface area (Å²) in [7, 11) is 0. The van der Waals surface area contributed by atoms with Gasteiger partial charge in [0.1, 0.15) is 5.82 Å². The molecule has 0 saturated carbocycles. The van der Waals surface area contributed by atoms with Crippen LogP contribution in [0.1, 0.15) is 18.9 Å². The highest BCUT2D eigenvalue weighted by Gasteiger charge is 2.42. The first-order valence-electron chi connectivity index (χ1n) is 8.13. The van der Waals surface area contributed by atoms with Crippen molar-refractivity contribution in [3.05, 3.63) is 35.6 Å². The van der Waals surface area contributed by atoms with Gasteiger partial charge >= 0.3 is 0 Å². The standard InChI is InChI=1S/C17H20FN3O4/c1-17(10-14(20-25-17)12-3-2-4-13(18)9-12)16(23)19-11-15(22)21-5-7-24-8-6-21/h2-4,9H,5-8,10-11H2,1H3,(H,19,23). The first-order valence-corrected chi connectivity index (χ1v) is 8.13. The van der Waals surface area contributed by atoms with Gasteiger partial charge in [-0.05, 0) is 19.1 Å². The van der Waals surface area contributed by atoms with Crippen molar-refractivity contribution < 1.29 is 23.6 Å². The third-order valence-electron chi connectivity index (χ3n) is 4.26. The molecule has 1 aromatic rings. The van der Waals surface area contributed by atoms with Crippen LogP contribution in [0.15, 0.2) is 29.4 Å². The zero-order chi connectivity index (χ0) is 17.9. The largest absolute Gasteiger partial charge is 0.379 e. The van der Waals surface area contributed by atoms with E-state index in [-0.39, 0.29) is 24.7 Å². The van der Waals surface area contributed by atoms with Crippen LogP contribution in [0.4, 0.5) is 4.39 Å². The zero-order valence-electron chi connectivity index (χ0n) is 14.0. The van der Waals surface area contributed by atoms with E-state index in [2.05, 4.69) is 10.5 Å². The molecule has 3 rings (SSSR count). The highest BCUT2D eigenvalue weighted by atomic mass is 19.1. The van der Waals surface area contributed by atoms with Crippen LogP contribution in [-0.2, 0) is 19.2 Å². The van der Waals surface area contributed by atoms with Crippen molar-refractivity contribution in [1.29, 1.82) is 0 Å². The molecular formula is C17H20FN3O4. The fourth-order valence-electron chi connectivity index (χ4n) is 2.75. The Kier molecular flexibility index (Phi) is 4.98. The minimum Gasteiger partial charge on any atom is -0.379 e. The minimum absolute atomic E-state index is 0.104. The molecule has 2 amide bonds. The van der Waals surface area contributed by atoms with Crippen LogP contribution < -0.4 is 5.32 Å². The summed E-state index contributed by atoms with van der Waals surface area (Å²) in [6, 6.07) is 5.96. The number of nitrogens with zero attached hydrogens (tertiary/aromatic N) is 2. The molecule has 1 N–H and O–H groups in total. The maximum absolute atomic E-state index is 13.3. The molecule has 2 aliphatic rings. The molecule has 0 aromatic heterocycles. The third-order valence-corrected chi connectivity index (χ3v) is 4.26. The average Bonchev–Trinajstić information content (AvgIpc) is 3.04. The van der Waals surface area contributed by atoms with E-state index in [1.165, 1.54) is 12.1 Å². The lowest BCUT2D eigenvalue weighted by molar-refractivity contribution is -0.144. The lowest BCUT2D eigenvalue weighted by Crippen LogP contribution is -2.50. The average molecular weight is 349 g/mol. The number of carbonyl (C=O) groups is 2. The van der Waals surface area contributed by atoms with Crippen LogP contribution in [0, 0.1) is 5.82 Å². The molecule has 1 fully saturated rings. The van der Waals surface area contributed by atoms with E-state index in [9.17, 15) is 14.0 Å². The Morgan fingerprint density at radius 1 is 1.36 bits per heavy atom. The highest BCUT2D eigenvalue weighted by molar-refractivity contribution is 6.05. The second-order valence-electron chi connectivity index (χ2n) is 6.22. The van der Waals surface area contributed by atoms with Crippen molar-refractivity contribution in [1.82, 2.24) is 10.2 Å². The maximum atomic E-state index is 13.3. The van der Waals surface area contributed by atoms with Crippen LogP contribution in [0.3, 0.4) is 0 Å².